The summed E-state index contributed by atoms with van der Waals surface area (Å²) in [6.45, 7) is 8.68. The van der Waals surface area contributed by atoms with Crippen LogP contribution < -0.4 is 15.2 Å². The smallest absolute Gasteiger partial charge is 0.410 e. The molecule has 3 aliphatic heterocycles. The highest BCUT2D eigenvalue weighted by molar-refractivity contribution is 7.88. The Morgan fingerprint density at radius 1 is 1.20 bits per heavy atom. The van der Waals surface area contributed by atoms with Gasteiger partial charge in [0.2, 0.25) is 0 Å². The summed E-state index contributed by atoms with van der Waals surface area (Å²) in [4.78, 5) is 39.1. The molecule has 3 fully saturated rings. The van der Waals surface area contributed by atoms with Gasteiger partial charge >= 0.3 is 16.3 Å². The van der Waals surface area contributed by atoms with E-state index in [4.69, 9.17) is 24.7 Å². The SMILES string of the molecule is CC(C)(C)OC(=O)N1CCC[C@H]1C(=O)NS(=O)(=O)NC[C@H]1O[C@@H](n2cnc3c(N)ncnc32)[C@@H]2OC(C)(C)O[C@@H]21. The van der Waals surface area contributed by atoms with E-state index in [1.54, 1.807) is 39.2 Å². The molecule has 2 aromatic heterocycles. The lowest BCUT2D eigenvalue weighted by molar-refractivity contribution is -0.195. The van der Waals surface area contributed by atoms with Gasteiger partial charge < -0.3 is 24.7 Å². The third-order valence-electron chi connectivity index (χ3n) is 6.68. The van der Waals surface area contributed by atoms with Crippen LogP contribution in [0, 0.1) is 0 Å². The van der Waals surface area contributed by atoms with Crippen LogP contribution in [0.1, 0.15) is 53.7 Å². The molecule has 40 heavy (non-hydrogen) atoms. The fraction of sp³-hybridized carbons (Fsp3) is 0.696. The van der Waals surface area contributed by atoms with E-state index in [-0.39, 0.29) is 18.9 Å². The molecule has 5 heterocycles. The molecule has 0 aliphatic carbocycles. The molecule has 2 amide bonds. The predicted octanol–water partition coefficient (Wildman–Crippen LogP) is 0.176. The number of nitrogens with zero attached hydrogens (tertiary/aromatic N) is 5. The second kappa shape index (κ2) is 10.1. The predicted molar refractivity (Wildman–Crippen MR) is 138 cm³/mol. The third-order valence-corrected chi connectivity index (χ3v) is 7.70. The first-order chi connectivity index (χ1) is 18.6. The minimum atomic E-state index is -4.32. The average Bonchev–Trinajstić information content (AvgIpc) is 3.59. The van der Waals surface area contributed by atoms with Gasteiger partial charge in [-0.1, -0.05) is 0 Å². The summed E-state index contributed by atoms with van der Waals surface area (Å²) in [5.41, 5.74) is 5.97. The van der Waals surface area contributed by atoms with E-state index in [2.05, 4.69) is 19.7 Å². The number of imidazole rings is 1. The van der Waals surface area contributed by atoms with Crippen molar-refractivity contribution in [3.63, 3.8) is 0 Å². The number of hydrogen-bond acceptors (Lipinski definition) is 12. The highest BCUT2D eigenvalue weighted by atomic mass is 32.2. The van der Waals surface area contributed by atoms with Crippen LogP contribution in [-0.4, -0.2) is 93.7 Å². The van der Waals surface area contributed by atoms with Gasteiger partial charge in [0.15, 0.2) is 23.5 Å². The molecule has 0 radical (unpaired) electrons. The van der Waals surface area contributed by atoms with Crippen molar-refractivity contribution in [2.75, 3.05) is 18.8 Å². The second-order valence-corrected chi connectivity index (χ2v) is 12.9. The van der Waals surface area contributed by atoms with Crippen LogP contribution in [0.25, 0.3) is 11.2 Å². The standard InChI is InChI=1S/C23H34N8O8S/c1-22(2,3)39-21(33)30-8-6-7-12(30)19(32)29-40(34,35)28-9-13-15-16(38-23(4,5)37-15)20(36-13)31-11-27-14-17(24)25-10-26-18(14)31/h10-13,15-16,20,28H,6-9H2,1-5H3,(H,29,32)(H2,24,25,26)/t12-,13+,15+,16+,20+/m0/s1. The Morgan fingerprint density at radius 2 is 1.93 bits per heavy atom. The molecule has 0 aromatic carbocycles. The first-order valence-corrected chi connectivity index (χ1v) is 14.4. The zero-order chi connectivity index (χ0) is 29.0. The molecule has 5 atom stereocenters. The molecular formula is C23H34N8O8S. The maximum atomic E-state index is 12.9. The van der Waals surface area contributed by atoms with Crippen molar-refractivity contribution < 1.29 is 37.0 Å². The summed E-state index contributed by atoms with van der Waals surface area (Å²) >= 11 is 0. The summed E-state index contributed by atoms with van der Waals surface area (Å²) in [6, 6.07) is -0.973. The number of ether oxygens (including phenoxy) is 4. The number of amides is 2. The first-order valence-electron chi connectivity index (χ1n) is 12.9. The van der Waals surface area contributed by atoms with Crippen molar-refractivity contribution in [1.82, 2.24) is 33.9 Å². The lowest BCUT2D eigenvalue weighted by atomic mass is 10.1. The maximum absolute atomic E-state index is 12.9. The van der Waals surface area contributed by atoms with Gasteiger partial charge in [-0.3, -0.25) is 14.3 Å². The molecule has 3 saturated heterocycles. The lowest BCUT2D eigenvalue weighted by Gasteiger charge is -2.28. The summed E-state index contributed by atoms with van der Waals surface area (Å²) in [5, 5.41) is 0. The molecule has 0 spiro atoms. The number of likely N-dealkylation sites (tertiary alicyclic amines) is 1. The number of anilines is 1. The van der Waals surface area contributed by atoms with Crippen LogP contribution in [0.5, 0.6) is 0 Å². The average molecular weight is 583 g/mol. The summed E-state index contributed by atoms with van der Waals surface area (Å²) in [7, 11) is -4.32. The van der Waals surface area contributed by atoms with Gasteiger partial charge in [-0.15, -0.1) is 0 Å². The molecule has 0 bridgehead atoms. The fourth-order valence-corrected chi connectivity index (χ4v) is 5.97. The van der Waals surface area contributed by atoms with E-state index in [9.17, 15) is 18.0 Å². The first kappa shape index (κ1) is 28.4. The van der Waals surface area contributed by atoms with Crippen LogP contribution >= 0.6 is 0 Å². The highest BCUT2D eigenvalue weighted by Gasteiger charge is 2.56. The number of aromatic nitrogens is 4. The Morgan fingerprint density at radius 3 is 2.65 bits per heavy atom. The van der Waals surface area contributed by atoms with Crippen molar-refractivity contribution >= 4 is 39.2 Å². The Hall–Kier alpha value is -3.12. The minimum absolute atomic E-state index is 0.203. The largest absolute Gasteiger partial charge is 0.444 e. The molecule has 4 N–H and O–H groups in total. The van der Waals surface area contributed by atoms with Crippen molar-refractivity contribution in [1.29, 1.82) is 0 Å². The van der Waals surface area contributed by atoms with E-state index in [0.29, 0.717) is 24.0 Å². The Kier molecular flexibility index (Phi) is 7.14. The lowest BCUT2D eigenvalue weighted by Crippen LogP contribution is -2.52. The Balaban J connectivity index is 1.26. The van der Waals surface area contributed by atoms with E-state index >= 15 is 0 Å². The van der Waals surface area contributed by atoms with Gasteiger partial charge in [-0.25, -0.2) is 24.5 Å². The fourth-order valence-electron chi connectivity index (χ4n) is 5.11. The molecule has 3 aliphatic rings. The molecule has 0 unspecified atom stereocenters. The van der Waals surface area contributed by atoms with Gasteiger partial charge in [0.25, 0.3) is 5.91 Å². The summed E-state index contributed by atoms with van der Waals surface area (Å²) in [5.74, 6) is -1.58. The van der Waals surface area contributed by atoms with Crippen LogP contribution in [0.15, 0.2) is 12.7 Å². The summed E-state index contributed by atoms with van der Waals surface area (Å²) < 4.78 is 55.4. The number of fused-ring (bicyclic) bond motifs is 2. The second-order valence-electron chi connectivity index (χ2n) is 11.4. The van der Waals surface area contributed by atoms with Crippen molar-refractivity contribution in [2.45, 2.75) is 89.4 Å². The quantitative estimate of drug-likeness (QED) is 0.417. The number of rotatable bonds is 6. The third kappa shape index (κ3) is 5.69. The molecule has 220 valence electrons. The van der Waals surface area contributed by atoms with Gasteiger partial charge in [-0.2, -0.15) is 13.1 Å². The van der Waals surface area contributed by atoms with E-state index in [1.807, 2.05) is 4.72 Å². The number of nitrogens with one attached hydrogen (secondary N) is 2. The minimum Gasteiger partial charge on any atom is -0.444 e. The van der Waals surface area contributed by atoms with Crippen LogP contribution in [0.2, 0.25) is 0 Å². The van der Waals surface area contributed by atoms with E-state index in [0.717, 1.165) is 0 Å². The van der Waals surface area contributed by atoms with Crippen LogP contribution in [-0.2, 0) is 34.0 Å². The summed E-state index contributed by atoms with van der Waals surface area (Å²) in [6.07, 6.45) is 0.175. The van der Waals surface area contributed by atoms with E-state index < -0.39 is 64.2 Å². The molecule has 5 rings (SSSR count). The maximum Gasteiger partial charge on any atom is 0.410 e. The molecule has 0 saturated carbocycles. The molecule has 17 heteroatoms. The number of carbonyl (C=O) groups excluding carboxylic acids is 2. The van der Waals surface area contributed by atoms with Gasteiger partial charge in [0, 0.05) is 13.1 Å². The Bertz CT molecular complexity index is 1410. The van der Waals surface area contributed by atoms with Crippen molar-refractivity contribution in [3.05, 3.63) is 12.7 Å². The van der Waals surface area contributed by atoms with Crippen molar-refractivity contribution in [2.24, 2.45) is 0 Å². The van der Waals surface area contributed by atoms with Crippen LogP contribution in [0.4, 0.5) is 10.6 Å². The number of hydrogen-bond donors (Lipinski definition) is 3. The number of nitrogen functional groups attached to an aromatic ring is 1. The van der Waals surface area contributed by atoms with Gasteiger partial charge in [-0.05, 0) is 47.5 Å². The van der Waals surface area contributed by atoms with Crippen LogP contribution in [0.3, 0.4) is 0 Å². The topological polar surface area (TPSA) is 202 Å². The number of carbonyl (C=O) groups is 2. The zero-order valence-electron chi connectivity index (χ0n) is 22.9. The normalized spacial score (nSPS) is 28.1. The Labute approximate surface area is 231 Å². The molecular weight excluding hydrogens is 548 g/mol. The van der Waals surface area contributed by atoms with Gasteiger partial charge in [0.05, 0.1) is 6.33 Å². The molecule has 16 nitrogen and oxygen atoms in total. The highest BCUT2D eigenvalue weighted by Crippen LogP contribution is 2.43. The number of nitrogens with two attached hydrogens (primary N) is 1. The monoisotopic (exact) mass is 582 g/mol. The van der Waals surface area contributed by atoms with E-state index in [1.165, 1.54) is 17.6 Å². The zero-order valence-corrected chi connectivity index (χ0v) is 23.7. The van der Waals surface area contributed by atoms with Gasteiger partial charge in [0.1, 0.15) is 41.8 Å². The van der Waals surface area contributed by atoms with Crippen molar-refractivity contribution in [3.8, 4) is 0 Å². The molecule has 2 aromatic rings.